The molecule has 0 aliphatic carbocycles. The second-order valence-corrected chi connectivity index (χ2v) is 2.50. The highest BCUT2D eigenvalue weighted by Crippen LogP contribution is 2.03. The van der Waals surface area contributed by atoms with E-state index in [1.807, 2.05) is 6.92 Å². The van der Waals surface area contributed by atoms with Crippen molar-refractivity contribution >= 4 is 11.8 Å². The lowest BCUT2D eigenvalue weighted by molar-refractivity contribution is -0.152. The number of esters is 1. The van der Waals surface area contributed by atoms with Gasteiger partial charge in [0, 0.05) is 6.92 Å². The van der Waals surface area contributed by atoms with Crippen LogP contribution in [0.15, 0.2) is 0 Å². The Morgan fingerprint density at radius 1 is 1.36 bits per heavy atom. The van der Waals surface area contributed by atoms with Gasteiger partial charge in [-0.3, -0.25) is 9.59 Å². The van der Waals surface area contributed by atoms with Crippen molar-refractivity contribution in [1.82, 2.24) is 0 Å². The van der Waals surface area contributed by atoms with E-state index in [1.54, 1.807) is 0 Å². The third-order valence-electron chi connectivity index (χ3n) is 1.31. The Hall–Kier alpha value is -0.860. The Morgan fingerprint density at radius 3 is 2.18 bits per heavy atom. The number of rotatable bonds is 4. The molecule has 0 aromatic heterocycles. The van der Waals surface area contributed by atoms with Crippen LogP contribution in [0.5, 0.6) is 0 Å². The van der Waals surface area contributed by atoms with Crippen LogP contribution in [0.1, 0.15) is 33.6 Å². The second-order valence-electron chi connectivity index (χ2n) is 2.50. The van der Waals surface area contributed by atoms with Crippen LogP contribution in [0.2, 0.25) is 0 Å². The lowest BCUT2D eigenvalue weighted by atomic mass is 10.1. The zero-order valence-corrected chi connectivity index (χ0v) is 7.22. The predicted molar refractivity (Wildman–Crippen MR) is 41.1 cm³/mol. The molecule has 0 unspecified atom stereocenters. The monoisotopic (exact) mass is 158 g/mol. The summed E-state index contributed by atoms with van der Waals surface area (Å²) in [5, 5.41) is 0. The topological polar surface area (TPSA) is 43.4 Å². The standard InChI is InChI=1S/C8H14O3/c1-4-5-8(6(2)9)11-7(3)10/h8H,4-5H2,1-3H3/t8-/m0/s1. The number of carbonyl (C=O) groups is 2. The van der Waals surface area contributed by atoms with Crippen molar-refractivity contribution in [2.24, 2.45) is 0 Å². The smallest absolute Gasteiger partial charge is 0.303 e. The van der Waals surface area contributed by atoms with Crippen molar-refractivity contribution in [2.75, 3.05) is 0 Å². The molecule has 0 saturated carbocycles. The average Bonchev–Trinajstić information content (AvgIpc) is 1.86. The summed E-state index contributed by atoms with van der Waals surface area (Å²) in [6.07, 6.45) is 0.935. The maximum absolute atomic E-state index is 10.8. The Labute approximate surface area is 66.7 Å². The molecule has 3 nitrogen and oxygen atoms in total. The van der Waals surface area contributed by atoms with Crippen molar-refractivity contribution in [2.45, 2.75) is 39.7 Å². The third kappa shape index (κ3) is 4.53. The molecule has 0 saturated heterocycles. The number of Topliss-reactive ketones (excluding diaryl/α,β-unsaturated/α-hetero) is 1. The van der Waals surface area contributed by atoms with E-state index in [0.717, 1.165) is 6.42 Å². The van der Waals surface area contributed by atoms with Gasteiger partial charge in [-0.05, 0) is 13.3 Å². The first kappa shape index (κ1) is 10.1. The van der Waals surface area contributed by atoms with Crippen LogP contribution in [0.25, 0.3) is 0 Å². The summed E-state index contributed by atoms with van der Waals surface area (Å²) >= 11 is 0. The molecule has 0 aliphatic heterocycles. The molecule has 0 radical (unpaired) electrons. The zero-order chi connectivity index (χ0) is 8.85. The largest absolute Gasteiger partial charge is 0.455 e. The minimum Gasteiger partial charge on any atom is -0.455 e. The summed E-state index contributed by atoms with van der Waals surface area (Å²) in [5.74, 6) is -0.472. The molecule has 0 bridgehead atoms. The van der Waals surface area contributed by atoms with Gasteiger partial charge in [0.2, 0.25) is 0 Å². The van der Waals surface area contributed by atoms with Crippen molar-refractivity contribution in [1.29, 1.82) is 0 Å². The van der Waals surface area contributed by atoms with Crippen LogP contribution in [0, 0.1) is 0 Å². The number of carbonyl (C=O) groups excluding carboxylic acids is 2. The van der Waals surface area contributed by atoms with Gasteiger partial charge in [0.1, 0.15) is 0 Å². The van der Waals surface area contributed by atoms with Gasteiger partial charge in [-0.1, -0.05) is 13.3 Å². The van der Waals surface area contributed by atoms with Crippen LogP contribution >= 0.6 is 0 Å². The van der Waals surface area contributed by atoms with Gasteiger partial charge in [0.15, 0.2) is 11.9 Å². The fraction of sp³-hybridized carbons (Fsp3) is 0.750. The van der Waals surface area contributed by atoms with Crippen molar-refractivity contribution in [3.63, 3.8) is 0 Å². The normalized spacial score (nSPS) is 12.3. The van der Waals surface area contributed by atoms with E-state index in [9.17, 15) is 9.59 Å². The summed E-state index contributed by atoms with van der Waals surface area (Å²) in [4.78, 5) is 21.3. The fourth-order valence-corrected chi connectivity index (χ4v) is 0.808. The third-order valence-corrected chi connectivity index (χ3v) is 1.31. The van der Waals surface area contributed by atoms with Gasteiger partial charge in [-0.2, -0.15) is 0 Å². The highest BCUT2D eigenvalue weighted by atomic mass is 16.5. The quantitative estimate of drug-likeness (QED) is 0.579. The molecular weight excluding hydrogens is 144 g/mol. The first-order valence-corrected chi connectivity index (χ1v) is 3.75. The van der Waals surface area contributed by atoms with Crippen LogP contribution in [-0.2, 0) is 14.3 Å². The molecule has 0 heterocycles. The molecule has 0 N–H and O–H groups in total. The fourth-order valence-electron chi connectivity index (χ4n) is 0.808. The van der Waals surface area contributed by atoms with E-state index >= 15 is 0 Å². The van der Waals surface area contributed by atoms with E-state index in [1.165, 1.54) is 13.8 Å². The lowest BCUT2D eigenvalue weighted by Crippen LogP contribution is -2.23. The molecule has 0 aliphatic rings. The maximum atomic E-state index is 10.8. The van der Waals surface area contributed by atoms with E-state index in [0.29, 0.717) is 6.42 Å². The molecule has 0 fully saturated rings. The molecule has 0 aromatic rings. The van der Waals surface area contributed by atoms with Crippen molar-refractivity contribution in [3.8, 4) is 0 Å². The Morgan fingerprint density at radius 2 is 1.91 bits per heavy atom. The number of ether oxygens (including phenoxy) is 1. The Balaban J connectivity index is 3.89. The minimum atomic E-state index is -0.530. The Kier molecular flexibility index (Phi) is 4.50. The van der Waals surface area contributed by atoms with Crippen molar-refractivity contribution in [3.05, 3.63) is 0 Å². The lowest BCUT2D eigenvalue weighted by Gasteiger charge is -2.11. The molecule has 0 amide bonds. The summed E-state index contributed by atoms with van der Waals surface area (Å²) in [6, 6.07) is 0. The molecule has 0 aromatic carbocycles. The van der Waals surface area contributed by atoms with Crippen LogP contribution in [0.4, 0.5) is 0 Å². The zero-order valence-electron chi connectivity index (χ0n) is 7.22. The molecule has 11 heavy (non-hydrogen) atoms. The molecule has 0 spiro atoms. The second kappa shape index (κ2) is 4.88. The van der Waals surface area contributed by atoms with Gasteiger partial charge >= 0.3 is 5.97 Å². The van der Waals surface area contributed by atoms with Gasteiger partial charge in [-0.15, -0.1) is 0 Å². The molecule has 3 heteroatoms. The van der Waals surface area contributed by atoms with Crippen LogP contribution in [0.3, 0.4) is 0 Å². The van der Waals surface area contributed by atoms with Crippen molar-refractivity contribution < 1.29 is 14.3 Å². The SMILES string of the molecule is CCC[C@H](OC(C)=O)C(C)=O. The number of ketones is 1. The maximum Gasteiger partial charge on any atom is 0.303 e. The van der Waals surface area contributed by atoms with E-state index in [-0.39, 0.29) is 5.78 Å². The number of hydrogen-bond donors (Lipinski definition) is 0. The summed E-state index contributed by atoms with van der Waals surface area (Å²) in [5.41, 5.74) is 0. The van der Waals surface area contributed by atoms with Gasteiger partial charge in [0.25, 0.3) is 0 Å². The highest BCUT2D eigenvalue weighted by Gasteiger charge is 2.15. The molecular formula is C8H14O3. The van der Waals surface area contributed by atoms with Crippen LogP contribution in [-0.4, -0.2) is 17.9 Å². The van der Waals surface area contributed by atoms with Crippen LogP contribution < -0.4 is 0 Å². The van der Waals surface area contributed by atoms with E-state index < -0.39 is 12.1 Å². The van der Waals surface area contributed by atoms with Gasteiger partial charge in [-0.25, -0.2) is 0 Å². The summed E-state index contributed by atoms with van der Waals surface area (Å²) in [6.45, 7) is 4.69. The Bertz CT molecular complexity index is 151. The first-order valence-electron chi connectivity index (χ1n) is 3.75. The van der Waals surface area contributed by atoms with Gasteiger partial charge in [0.05, 0.1) is 0 Å². The highest BCUT2D eigenvalue weighted by molar-refractivity contribution is 5.82. The molecule has 64 valence electrons. The first-order chi connectivity index (χ1) is 5.07. The predicted octanol–water partition coefficient (Wildman–Crippen LogP) is 1.31. The number of hydrogen-bond acceptors (Lipinski definition) is 3. The van der Waals surface area contributed by atoms with E-state index in [2.05, 4.69) is 0 Å². The molecule has 0 rings (SSSR count). The van der Waals surface area contributed by atoms with Gasteiger partial charge < -0.3 is 4.74 Å². The summed E-state index contributed by atoms with van der Waals surface area (Å²) < 4.78 is 4.76. The average molecular weight is 158 g/mol. The van der Waals surface area contributed by atoms with E-state index in [4.69, 9.17) is 4.74 Å². The molecule has 1 atom stereocenters. The summed E-state index contributed by atoms with van der Waals surface area (Å²) in [7, 11) is 0. The minimum absolute atomic E-state index is 0.0814.